The second-order valence-corrected chi connectivity index (χ2v) is 10.4. The van der Waals surface area contributed by atoms with Crippen molar-refractivity contribution in [2.75, 3.05) is 7.11 Å². The predicted octanol–water partition coefficient (Wildman–Crippen LogP) is 3.99. The van der Waals surface area contributed by atoms with Gasteiger partial charge in [0.2, 0.25) is 0 Å². The number of carbonyl (C=O) groups is 1. The first-order valence-corrected chi connectivity index (χ1v) is 12.2. The van der Waals surface area contributed by atoms with Crippen LogP contribution in [0.3, 0.4) is 0 Å². The van der Waals surface area contributed by atoms with Crippen LogP contribution in [0.15, 0.2) is 12.2 Å². The fraction of sp³-hybridized carbons (Fsp3) is 0.870. The zero-order chi connectivity index (χ0) is 21.0. The Kier molecular flexibility index (Phi) is 8.61. The number of alkyl halides is 1. The van der Waals surface area contributed by atoms with Crippen molar-refractivity contribution in [1.82, 2.24) is 0 Å². The SMILES string of the molecule is COC(=O)CCCC(Br)C1C[C@@H]2[C@@H](/C=C/[C@H](O)C(C)C3CCCC3)[C@H](O)C[C@H]2O1. The minimum atomic E-state index is -0.440. The lowest BCUT2D eigenvalue weighted by molar-refractivity contribution is -0.140. The van der Waals surface area contributed by atoms with Crippen LogP contribution in [-0.4, -0.2) is 52.5 Å². The summed E-state index contributed by atoms with van der Waals surface area (Å²) in [7, 11) is 1.42. The molecule has 2 N–H and O–H groups in total. The average Bonchev–Trinajstić information content (AvgIpc) is 3.42. The van der Waals surface area contributed by atoms with Crippen molar-refractivity contribution in [2.24, 2.45) is 23.7 Å². The maximum Gasteiger partial charge on any atom is 0.305 e. The number of aliphatic hydroxyl groups excluding tert-OH is 2. The normalized spacial score (nSPS) is 35.7. The quantitative estimate of drug-likeness (QED) is 0.301. The van der Waals surface area contributed by atoms with E-state index in [1.54, 1.807) is 0 Å². The summed E-state index contributed by atoms with van der Waals surface area (Å²) in [4.78, 5) is 11.5. The van der Waals surface area contributed by atoms with E-state index in [1.807, 2.05) is 6.08 Å². The largest absolute Gasteiger partial charge is 0.469 e. The second-order valence-electron chi connectivity index (χ2n) is 9.26. The third kappa shape index (κ3) is 5.84. The molecule has 1 saturated heterocycles. The highest BCUT2D eigenvalue weighted by Crippen LogP contribution is 2.46. The first kappa shape index (κ1) is 23.2. The van der Waals surface area contributed by atoms with Crippen LogP contribution in [0.4, 0.5) is 0 Å². The first-order valence-electron chi connectivity index (χ1n) is 11.3. The molecule has 3 rings (SSSR count). The van der Waals surface area contributed by atoms with Crippen molar-refractivity contribution in [3.8, 4) is 0 Å². The molecular weight excluding hydrogens is 436 g/mol. The number of carbonyl (C=O) groups excluding carboxylic acids is 1. The number of methoxy groups -OCH3 is 1. The standard InChI is InChI=1S/C23H37BrO5/c1-14(15-6-3-4-7-15)19(25)11-10-16-17-12-22(29-21(17)13-20(16)26)18(24)8-5-9-23(27)28-2/h10-11,14-22,25-26H,3-9,12-13H2,1-2H3/b11-10+/t14?,16-,17-,18?,19+,20-,21-,22?/m1/s1. The molecule has 5 nitrogen and oxygen atoms in total. The Morgan fingerprint density at radius 3 is 2.72 bits per heavy atom. The van der Waals surface area contributed by atoms with Crippen LogP contribution in [0.1, 0.15) is 64.7 Å². The number of fused-ring (bicyclic) bond motifs is 1. The van der Waals surface area contributed by atoms with E-state index in [-0.39, 0.29) is 34.8 Å². The van der Waals surface area contributed by atoms with Crippen molar-refractivity contribution >= 4 is 21.9 Å². The van der Waals surface area contributed by atoms with E-state index in [2.05, 4.69) is 28.9 Å². The highest BCUT2D eigenvalue weighted by atomic mass is 79.9. The first-order chi connectivity index (χ1) is 13.9. The van der Waals surface area contributed by atoms with Crippen LogP contribution in [0, 0.1) is 23.7 Å². The maximum absolute atomic E-state index is 11.3. The Balaban J connectivity index is 1.50. The number of hydrogen-bond acceptors (Lipinski definition) is 5. The minimum absolute atomic E-state index is 0.0465. The van der Waals surface area contributed by atoms with E-state index in [1.165, 1.54) is 32.8 Å². The van der Waals surface area contributed by atoms with Crippen LogP contribution >= 0.6 is 15.9 Å². The monoisotopic (exact) mass is 472 g/mol. The lowest BCUT2D eigenvalue weighted by Gasteiger charge is -2.24. The molecule has 0 aromatic heterocycles. The molecule has 0 spiro atoms. The number of aliphatic hydroxyl groups is 2. The summed E-state index contributed by atoms with van der Waals surface area (Å²) < 4.78 is 10.9. The molecule has 0 radical (unpaired) electrons. The van der Waals surface area contributed by atoms with E-state index >= 15 is 0 Å². The fourth-order valence-corrected chi connectivity index (χ4v) is 6.19. The summed E-state index contributed by atoms with van der Waals surface area (Å²) in [5.41, 5.74) is 0. The highest BCUT2D eigenvalue weighted by molar-refractivity contribution is 9.09. The van der Waals surface area contributed by atoms with Crippen LogP contribution in [0.25, 0.3) is 0 Å². The predicted molar refractivity (Wildman–Crippen MR) is 116 cm³/mol. The number of ether oxygens (including phenoxy) is 2. The van der Waals surface area contributed by atoms with Crippen molar-refractivity contribution in [3.63, 3.8) is 0 Å². The van der Waals surface area contributed by atoms with Crippen molar-refractivity contribution in [1.29, 1.82) is 0 Å². The van der Waals surface area contributed by atoms with Gasteiger partial charge >= 0.3 is 5.97 Å². The molecule has 8 atom stereocenters. The molecule has 0 aromatic carbocycles. The van der Waals surface area contributed by atoms with Gasteiger partial charge in [0.25, 0.3) is 0 Å². The van der Waals surface area contributed by atoms with Gasteiger partial charge in [0.15, 0.2) is 0 Å². The van der Waals surface area contributed by atoms with E-state index in [0.717, 1.165) is 19.3 Å². The molecule has 0 amide bonds. The van der Waals surface area contributed by atoms with Crippen molar-refractivity contribution < 1.29 is 24.5 Å². The molecule has 2 saturated carbocycles. The molecule has 2 aliphatic carbocycles. The third-order valence-corrected chi connectivity index (χ3v) is 8.50. The average molecular weight is 473 g/mol. The lowest BCUT2D eigenvalue weighted by Crippen LogP contribution is -2.25. The second kappa shape index (κ2) is 10.7. The molecule has 29 heavy (non-hydrogen) atoms. The van der Waals surface area contributed by atoms with E-state index in [0.29, 0.717) is 24.7 Å². The lowest BCUT2D eigenvalue weighted by atomic mass is 9.85. The zero-order valence-electron chi connectivity index (χ0n) is 17.7. The Morgan fingerprint density at radius 1 is 1.31 bits per heavy atom. The van der Waals surface area contributed by atoms with Gasteiger partial charge in [-0.2, -0.15) is 0 Å². The summed E-state index contributed by atoms with van der Waals surface area (Å²) in [6, 6.07) is 0. The number of esters is 1. The molecule has 0 bridgehead atoms. The van der Waals surface area contributed by atoms with Gasteiger partial charge in [-0.3, -0.25) is 4.79 Å². The van der Waals surface area contributed by atoms with Crippen LogP contribution < -0.4 is 0 Å². The minimum Gasteiger partial charge on any atom is -0.469 e. The Labute approximate surface area is 183 Å². The molecule has 3 unspecified atom stereocenters. The molecule has 3 fully saturated rings. The fourth-order valence-electron chi connectivity index (χ4n) is 5.53. The van der Waals surface area contributed by atoms with E-state index in [9.17, 15) is 15.0 Å². The third-order valence-electron chi connectivity index (χ3n) is 7.45. The van der Waals surface area contributed by atoms with Gasteiger partial charge in [-0.15, -0.1) is 0 Å². The Hall–Kier alpha value is -0.430. The van der Waals surface area contributed by atoms with Gasteiger partial charge < -0.3 is 19.7 Å². The number of hydrogen-bond donors (Lipinski definition) is 2. The number of rotatable bonds is 9. The summed E-state index contributed by atoms with van der Waals surface area (Å²) >= 11 is 3.74. The van der Waals surface area contributed by atoms with E-state index < -0.39 is 12.2 Å². The van der Waals surface area contributed by atoms with Gasteiger partial charge in [-0.05, 0) is 37.0 Å². The Morgan fingerprint density at radius 2 is 2.03 bits per heavy atom. The molecule has 1 heterocycles. The van der Waals surface area contributed by atoms with Crippen LogP contribution in [0.5, 0.6) is 0 Å². The van der Waals surface area contributed by atoms with Gasteiger partial charge in [0.1, 0.15) is 0 Å². The van der Waals surface area contributed by atoms with Crippen LogP contribution in [-0.2, 0) is 14.3 Å². The van der Waals surface area contributed by atoms with Crippen LogP contribution in [0.2, 0.25) is 0 Å². The maximum atomic E-state index is 11.3. The summed E-state index contributed by atoms with van der Waals surface area (Å²) in [5, 5.41) is 21.2. The molecule has 166 valence electrons. The molecule has 6 heteroatoms. The molecule has 0 aromatic rings. The topological polar surface area (TPSA) is 76.0 Å². The van der Waals surface area contributed by atoms with Gasteiger partial charge in [0, 0.05) is 23.6 Å². The molecule has 1 aliphatic heterocycles. The van der Waals surface area contributed by atoms with Crippen molar-refractivity contribution in [2.45, 2.75) is 94.0 Å². The summed E-state index contributed by atoms with van der Waals surface area (Å²) in [5.74, 6) is 1.06. The van der Waals surface area contributed by atoms with Gasteiger partial charge in [-0.1, -0.05) is 60.7 Å². The van der Waals surface area contributed by atoms with E-state index in [4.69, 9.17) is 9.47 Å². The highest BCUT2D eigenvalue weighted by Gasteiger charge is 2.49. The summed E-state index contributed by atoms with van der Waals surface area (Å²) in [6.07, 6.45) is 12.0. The summed E-state index contributed by atoms with van der Waals surface area (Å²) in [6.45, 7) is 2.15. The Bertz CT molecular complexity index is 561. The smallest absolute Gasteiger partial charge is 0.305 e. The molecular formula is C23H37BrO5. The number of halogens is 1. The van der Waals surface area contributed by atoms with Gasteiger partial charge in [0.05, 0.1) is 31.5 Å². The van der Waals surface area contributed by atoms with Crippen molar-refractivity contribution in [3.05, 3.63) is 12.2 Å². The zero-order valence-corrected chi connectivity index (χ0v) is 19.3. The van der Waals surface area contributed by atoms with Gasteiger partial charge in [-0.25, -0.2) is 0 Å². The molecule has 3 aliphatic rings.